The standard InChI is InChI=1S/C44H24ClN3S2/c45-44-46-39(43-40(47-44)32-15-7-9-17-36(32)50-43)26-18-21-28(22-19-26)48-34-23-20-27(25-10-2-1-3-11-25)24-33(34)37-29-12-4-5-13-30(29)42-38(41(37)48)31-14-6-8-16-35(31)49-42/h1-24H/i1D,2D,3D,10D,11D. The van der Waals surface area contributed by atoms with Crippen molar-refractivity contribution >= 4 is 107 Å². The number of benzene rings is 7. The number of hydrogen-bond donors (Lipinski definition) is 0. The minimum Gasteiger partial charge on any atom is -0.309 e. The maximum Gasteiger partial charge on any atom is 0.223 e. The molecular weight excluding hydrogens is 670 g/mol. The Balaban J connectivity index is 1.24. The first-order chi connectivity index (χ1) is 26.8. The van der Waals surface area contributed by atoms with E-state index >= 15 is 0 Å². The van der Waals surface area contributed by atoms with Crippen molar-refractivity contribution in [1.29, 1.82) is 0 Å². The van der Waals surface area contributed by atoms with Crippen molar-refractivity contribution in [1.82, 2.24) is 14.5 Å². The van der Waals surface area contributed by atoms with Gasteiger partial charge < -0.3 is 4.57 Å². The molecule has 0 radical (unpaired) electrons. The maximum absolute atomic E-state index is 8.79. The second kappa shape index (κ2) is 10.7. The highest BCUT2D eigenvalue weighted by Crippen LogP contribution is 2.48. The van der Waals surface area contributed by atoms with Gasteiger partial charge in [-0.2, -0.15) is 0 Å². The van der Waals surface area contributed by atoms with E-state index in [2.05, 4.69) is 94.5 Å². The molecule has 0 atom stereocenters. The smallest absolute Gasteiger partial charge is 0.223 e. The molecule has 11 rings (SSSR count). The minimum atomic E-state index is -0.407. The van der Waals surface area contributed by atoms with Crippen molar-refractivity contribution in [2.75, 3.05) is 0 Å². The van der Waals surface area contributed by atoms with Gasteiger partial charge in [-0.25, -0.2) is 9.97 Å². The summed E-state index contributed by atoms with van der Waals surface area (Å²) < 4.78 is 49.3. The Morgan fingerprint density at radius 3 is 2.02 bits per heavy atom. The van der Waals surface area contributed by atoms with Gasteiger partial charge >= 0.3 is 0 Å². The molecule has 0 aliphatic carbocycles. The van der Waals surface area contributed by atoms with Gasteiger partial charge in [0, 0.05) is 57.7 Å². The summed E-state index contributed by atoms with van der Waals surface area (Å²) in [6, 6.07) is 37.8. The first-order valence-corrected chi connectivity index (χ1v) is 18.1. The molecule has 0 unspecified atom stereocenters. The molecule has 0 aliphatic heterocycles. The zero-order chi connectivity index (χ0) is 37.3. The van der Waals surface area contributed by atoms with Crippen LogP contribution in [-0.4, -0.2) is 14.5 Å². The lowest BCUT2D eigenvalue weighted by molar-refractivity contribution is 1.18. The van der Waals surface area contributed by atoms with E-state index < -0.39 is 6.04 Å². The Morgan fingerprint density at radius 1 is 0.560 bits per heavy atom. The lowest BCUT2D eigenvalue weighted by atomic mass is 9.98. The van der Waals surface area contributed by atoms with Gasteiger partial charge in [-0.05, 0) is 64.5 Å². The third-order valence-corrected chi connectivity index (χ3v) is 12.2. The van der Waals surface area contributed by atoms with E-state index in [4.69, 9.17) is 23.4 Å². The van der Waals surface area contributed by atoms with E-state index in [-0.39, 0.29) is 35.0 Å². The summed E-state index contributed by atoms with van der Waals surface area (Å²) in [6.07, 6.45) is 0. The van der Waals surface area contributed by atoms with Crippen LogP contribution in [0.4, 0.5) is 0 Å². The molecule has 0 fully saturated rings. The molecule has 0 bridgehead atoms. The van der Waals surface area contributed by atoms with Crippen LogP contribution in [0.3, 0.4) is 0 Å². The molecule has 0 saturated carbocycles. The van der Waals surface area contributed by atoms with Crippen molar-refractivity contribution in [2.24, 2.45) is 0 Å². The van der Waals surface area contributed by atoms with Gasteiger partial charge in [0.1, 0.15) is 0 Å². The summed E-state index contributed by atoms with van der Waals surface area (Å²) in [6.45, 7) is 0. The van der Waals surface area contributed by atoms with Crippen LogP contribution in [0.1, 0.15) is 6.85 Å². The fourth-order valence-electron chi connectivity index (χ4n) is 7.52. The molecule has 6 heteroatoms. The monoisotopic (exact) mass is 698 g/mol. The minimum absolute atomic E-state index is 0.181. The second-order valence-corrected chi connectivity index (χ2v) is 14.7. The zero-order valence-corrected chi connectivity index (χ0v) is 28.4. The molecule has 4 aromatic heterocycles. The van der Waals surface area contributed by atoms with Crippen LogP contribution in [0.5, 0.6) is 0 Å². The van der Waals surface area contributed by atoms with Gasteiger partial charge in [0.2, 0.25) is 5.28 Å². The number of aromatic nitrogens is 3. The van der Waals surface area contributed by atoms with Crippen LogP contribution in [0.2, 0.25) is 5.28 Å². The van der Waals surface area contributed by atoms with Gasteiger partial charge in [0.15, 0.2) is 0 Å². The van der Waals surface area contributed by atoms with Crippen molar-refractivity contribution in [3.05, 3.63) is 151 Å². The van der Waals surface area contributed by atoms with Crippen molar-refractivity contribution in [2.45, 2.75) is 0 Å². The van der Waals surface area contributed by atoms with E-state index in [9.17, 15) is 0 Å². The lowest BCUT2D eigenvalue weighted by Crippen LogP contribution is -1.95. The molecule has 3 nitrogen and oxygen atoms in total. The normalized spacial score (nSPS) is 13.5. The molecule has 0 amide bonds. The Kier molecular flexibility index (Phi) is 5.08. The highest BCUT2D eigenvalue weighted by atomic mass is 35.5. The largest absolute Gasteiger partial charge is 0.309 e. The van der Waals surface area contributed by atoms with Gasteiger partial charge in [0.25, 0.3) is 0 Å². The lowest BCUT2D eigenvalue weighted by Gasteiger charge is -2.12. The Hall–Kier alpha value is -5.59. The molecule has 0 saturated heterocycles. The Morgan fingerprint density at radius 2 is 1.22 bits per heavy atom. The zero-order valence-electron chi connectivity index (χ0n) is 31.0. The fraction of sp³-hybridized carbons (Fsp3) is 0. The first-order valence-electron chi connectivity index (χ1n) is 18.6. The van der Waals surface area contributed by atoms with E-state index in [1.54, 1.807) is 22.7 Å². The van der Waals surface area contributed by atoms with Crippen molar-refractivity contribution in [3.63, 3.8) is 0 Å². The molecule has 0 N–H and O–H groups in total. The predicted molar refractivity (Wildman–Crippen MR) is 216 cm³/mol. The Labute approximate surface area is 306 Å². The number of nitrogens with zero attached hydrogens (tertiary/aromatic N) is 3. The quantitative estimate of drug-likeness (QED) is 0.172. The van der Waals surface area contributed by atoms with Crippen LogP contribution in [0, 0.1) is 0 Å². The number of hydrogen-bond acceptors (Lipinski definition) is 4. The molecule has 4 heterocycles. The van der Waals surface area contributed by atoms with E-state index in [1.807, 2.05) is 30.3 Å². The maximum atomic E-state index is 8.79. The predicted octanol–water partition coefficient (Wildman–Crippen LogP) is 13.5. The molecule has 11 aromatic rings. The van der Waals surface area contributed by atoms with Gasteiger partial charge in [-0.15, -0.1) is 22.7 Å². The third-order valence-electron chi connectivity index (χ3n) is 9.62. The molecule has 0 aliphatic rings. The second-order valence-electron chi connectivity index (χ2n) is 12.3. The van der Waals surface area contributed by atoms with Crippen LogP contribution in [0.15, 0.2) is 145 Å². The fourth-order valence-corrected chi connectivity index (χ4v) is 10.1. The number of halogens is 1. The van der Waals surface area contributed by atoms with Gasteiger partial charge in [0.05, 0.1) is 33.8 Å². The average Bonchev–Trinajstić information content (AvgIpc) is 3.89. The molecular formula is C44H24ClN3S2. The summed E-state index contributed by atoms with van der Waals surface area (Å²) in [7, 11) is 0. The van der Waals surface area contributed by atoms with Crippen molar-refractivity contribution in [3.8, 4) is 28.1 Å². The summed E-state index contributed by atoms with van der Waals surface area (Å²) >= 11 is 9.98. The van der Waals surface area contributed by atoms with Crippen LogP contribution < -0.4 is 0 Å². The molecule has 0 spiro atoms. The van der Waals surface area contributed by atoms with Crippen molar-refractivity contribution < 1.29 is 6.85 Å². The highest BCUT2D eigenvalue weighted by molar-refractivity contribution is 7.27. The number of thiophene rings is 2. The average molecular weight is 699 g/mol. The molecule has 234 valence electrons. The number of rotatable bonds is 3. The Bertz CT molecular complexity index is 3430. The third kappa shape index (κ3) is 4.03. The highest BCUT2D eigenvalue weighted by Gasteiger charge is 2.23. The van der Waals surface area contributed by atoms with E-state index in [0.717, 1.165) is 80.6 Å². The summed E-state index contributed by atoms with van der Waals surface area (Å²) in [5.41, 5.74) is 6.21. The molecule has 7 aromatic carbocycles. The van der Waals surface area contributed by atoms with Crippen LogP contribution in [-0.2, 0) is 0 Å². The van der Waals surface area contributed by atoms with Crippen LogP contribution >= 0.6 is 34.3 Å². The number of fused-ring (bicyclic) bond motifs is 13. The summed E-state index contributed by atoms with van der Waals surface area (Å²) in [5.74, 6) is 0. The molecule has 50 heavy (non-hydrogen) atoms. The van der Waals surface area contributed by atoms with Gasteiger partial charge in [-0.1, -0.05) is 109 Å². The SMILES string of the molecule is [2H]c1c([2H])c([2H])c(-c2ccc3c(c2)c2c4ccccc4c4sc5ccccc5c4c2n3-c2ccc(-c3nc(Cl)nc4c3sc3ccccc34)cc2)c([2H])c1[2H]. The van der Waals surface area contributed by atoms with E-state index in [1.165, 1.54) is 9.40 Å². The van der Waals surface area contributed by atoms with Crippen LogP contribution in [0.25, 0.3) is 101 Å². The topological polar surface area (TPSA) is 30.7 Å². The summed E-state index contributed by atoms with van der Waals surface area (Å²) in [4.78, 5) is 9.33. The first kappa shape index (κ1) is 23.7. The summed E-state index contributed by atoms with van der Waals surface area (Å²) in [5, 5.41) is 7.74. The van der Waals surface area contributed by atoms with E-state index in [0.29, 0.717) is 5.56 Å². The van der Waals surface area contributed by atoms with Gasteiger partial charge in [-0.3, -0.25) is 0 Å².